The van der Waals surface area contributed by atoms with E-state index in [1.54, 1.807) is 0 Å². The van der Waals surface area contributed by atoms with Gasteiger partial charge in [0, 0.05) is 13.1 Å². The molecule has 0 spiro atoms. The van der Waals surface area contributed by atoms with Crippen LogP contribution in [0.15, 0.2) is 0 Å². The van der Waals surface area contributed by atoms with E-state index in [1.807, 2.05) is 11.8 Å². The van der Waals surface area contributed by atoms with Gasteiger partial charge in [-0.2, -0.15) is 12.6 Å². The minimum atomic E-state index is -0.158. The molecule has 1 heterocycles. The highest BCUT2D eigenvalue weighted by atomic mass is 32.1. The number of carbonyl (C=O) groups excluding carboxylic acids is 1. The number of nitrogens with zero attached hydrogens (tertiary/aromatic N) is 1. The van der Waals surface area contributed by atoms with E-state index in [-0.39, 0.29) is 16.6 Å². The molecule has 0 bridgehead atoms. The van der Waals surface area contributed by atoms with Gasteiger partial charge in [-0.05, 0) is 25.2 Å². The predicted molar refractivity (Wildman–Crippen MR) is 58.0 cm³/mol. The Morgan fingerprint density at radius 1 is 1.54 bits per heavy atom. The first-order valence-electron chi connectivity index (χ1n) is 4.89. The first kappa shape index (κ1) is 10.9. The largest absolute Gasteiger partial charge is 0.341 e. The molecule has 0 aromatic heterocycles. The summed E-state index contributed by atoms with van der Waals surface area (Å²) in [5.74, 6) is 0.177. The fourth-order valence-electron chi connectivity index (χ4n) is 1.88. The lowest BCUT2D eigenvalue weighted by atomic mass is 9.84. The quantitative estimate of drug-likeness (QED) is 0.643. The van der Waals surface area contributed by atoms with Crippen molar-refractivity contribution in [3.05, 3.63) is 0 Å². The lowest BCUT2D eigenvalue weighted by molar-refractivity contribution is -0.133. The van der Waals surface area contributed by atoms with Gasteiger partial charge in [0.2, 0.25) is 5.91 Å². The summed E-state index contributed by atoms with van der Waals surface area (Å²) in [6.45, 7) is 8.07. The number of hydrogen-bond acceptors (Lipinski definition) is 2. The zero-order valence-electron chi connectivity index (χ0n) is 8.71. The first-order chi connectivity index (χ1) is 5.92. The normalized spacial score (nSPS) is 24.2. The van der Waals surface area contributed by atoms with Gasteiger partial charge in [-0.15, -0.1) is 0 Å². The monoisotopic (exact) mass is 201 g/mol. The van der Waals surface area contributed by atoms with Gasteiger partial charge in [0.25, 0.3) is 0 Å². The summed E-state index contributed by atoms with van der Waals surface area (Å²) in [7, 11) is 0. The molecular formula is C10H19NOS. The standard InChI is InChI=1S/C10H19NOS/c1-8(13)9(12)11-6-4-5-10(2,3)7-11/h8,13H,4-7H2,1-3H3. The third kappa shape index (κ3) is 2.90. The van der Waals surface area contributed by atoms with E-state index < -0.39 is 0 Å². The number of carbonyl (C=O) groups is 1. The van der Waals surface area contributed by atoms with Crippen LogP contribution in [0.5, 0.6) is 0 Å². The fourth-order valence-corrected chi connectivity index (χ4v) is 2.04. The molecule has 0 saturated carbocycles. The molecule has 13 heavy (non-hydrogen) atoms. The van der Waals surface area contributed by atoms with Gasteiger partial charge in [-0.1, -0.05) is 13.8 Å². The Kier molecular flexibility index (Phi) is 3.28. The minimum Gasteiger partial charge on any atom is -0.341 e. The van der Waals surface area contributed by atoms with Crippen LogP contribution in [-0.2, 0) is 4.79 Å². The molecule has 1 fully saturated rings. The van der Waals surface area contributed by atoms with Crippen molar-refractivity contribution in [2.45, 2.75) is 38.9 Å². The zero-order chi connectivity index (χ0) is 10.1. The van der Waals surface area contributed by atoms with E-state index in [9.17, 15) is 4.79 Å². The van der Waals surface area contributed by atoms with Gasteiger partial charge in [0.15, 0.2) is 0 Å². The van der Waals surface area contributed by atoms with Gasteiger partial charge >= 0.3 is 0 Å². The molecule has 1 amide bonds. The molecule has 1 saturated heterocycles. The van der Waals surface area contributed by atoms with Gasteiger partial charge in [0.1, 0.15) is 0 Å². The molecule has 76 valence electrons. The Hall–Kier alpha value is -0.180. The highest BCUT2D eigenvalue weighted by Crippen LogP contribution is 2.28. The number of piperidine rings is 1. The molecule has 0 N–H and O–H groups in total. The maximum Gasteiger partial charge on any atom is 0.235 e. The van der Waals surface area contributed by atoms with Crippen LogP contribution in [-0.4, -0.2) is 29.1 Å². The first-order valence-corrected chi connectivity index (χ1v) is 5.41. The lowest BCUT2D eigenvalue weighted by Crippen LogP contribution is -2.45. The number of rotatable bonds is 1. The van der Waals surface area contributed by atoms with Crippen molar-refractivity contribution in [1.82, 2.24) is 4.90 Å². The Morgan fingerprint density at radius 3 is 2.62 bits per heavy atom. The molecule has 0 radical (unpaired) electrons. The molecule has 2 nitrogen and oxygen atoms in total. The van der Waals surface area contributed by atoms with Crippen LogP contribution >= 0.6 is 12.6 Å². The molecule has 1 aliphatic heterocycles. The second-order valence-electron chi connectivity index (χ2n) is 4.70. The molecule has 0 aliphatic carbocycles. The second-order valence-corrected chi connectivity index (χ2v) is 5.48. The van der Waals surface area contributed by atoms with Crippen LogP contribution in [0, 0.1) is 5.41 Å². The molecule has 1 atom stereocenters. The minimum absolute atomic E-state index is 0.158. The van der Waals surface area contributed by atoms with Crippen LogP contribution in [0.2, 0.25) is 0 Å². The highest BCUT2D eigenvalue weighted by molar-refractivity contribution is 7.81. The summed E-state index contributed by atoms with van der Waals surface area (Å²) in [6.07, 6.45) is 2.34. The Labute approximate surface area is 86.1 Å². The van der Waals surface area contributed by atoms with E-state index in [1.165, 1.54) is 6.42 Å². The van der Waals surface area contributed by atoms with E-state index in [0.29, 0.717) is 0 Å². The van der Waals surface area contributed by atoms with Crippen molar-refractivity contribution in [2.24, 2.45) is 5.41 Å². The summed E-state index contributed by atoms with van der Waals surface area (Å²) in [6, 6.07) is 0. The van der Waals surface area contributed by atoms with Gasteiger partial charge in [-0.3, -0.25) is 4.79 Å². The van der Waals surface area contributed by atoms with Crippen molar-refractivity contribution in [1.29, 1.82) is 0 Å². The number of likely N-dealkylation sites (tertiary alicyclic amines) is 1. The van der Waals surface area contributed by atoms with Crippen molar-refractivity contribution >= 4 is 18.5 Å². The zero-order valence-corrected chi connectivity index (χ0v) is 9.60. The third-order valence-corrected chi connectivity index (χ3v) is 2.79. The van der Waals surface area contributed by atoms with Gasteiger partial charge in [0.05, 0.1) is 5.25 Å². The summed E-state index contributed by atoms with van der Waals surface area (Å²) in [5, 5.41) is -0.158. The topological polar surface area (TPSA) is 20.3 Å². The van der Waals surface area contributed by atoms with Gasteiger partial charge < -0.3 is 4.90 Å². The van der Waals surface area contributed by atoms with Crippen LogP contribution in [0.4, 0.5) is 0 Å². The van der Waals surface area contributed by atoms with E-state index in [0.717, 1.165) is 19.5 Å². The predicted octanol–water partition coefficient (Wildman–Crippen LogP) is 1.95. The summed E-state index contributed by atoms with van der Waals surface area (Å²) < 4.78 is 0. The third-order valence-electron chi connectivity index (χ3n) is 2.57. The van der Waals surface area contributed by atoms with E-state index in [2.05, 4.69) is 26.5 Å². The SMILES string of the molecule is CC(S)C(=O)N1CCCC(C)(C)C1. The Bertz CT molecular complexity index is 201. The summed E-state index contributed by atoms with van der Waals surface area (Å²) in [4.78, 5) is 13.6. The van der Waals surface area contributed by atoms with Gasteiger partial charge in [-0.25, -0.2) is 0 Å². The molecule has 3 heteroatoms. The smallest absolute Gasteiger partial charge is 0.235 e. The van der Waals surface area contributed by atoms with Crippen LogP contribution in [0.1, 0.15) is 33.6 Å². The summed E-state index contributed by atoms with van der Waals surface area (Å²) >= 11 is 4.17. The lowest BCUT2D eigenvalue weighted by Gasteiger charge is -2.38. The molecule has 1 rings (SSSR count). The average Bonchev–Trinajstić information content (AvgIpc) is 2.01. The van der Waals surface area contributed by atoms with Crippen LogP contribution in [0.25, 0.3) is 0 Å². The van der Waals surface area contributed by atoms with Crippen molar-refractivity contribution in [2.75, 3.05) is 13.1 Å². The van der Waals surface area contributed by atoms with Crippen LogP contribution in [0.3, 0.4) is 0 Å². The molecule has 0 aromatic rings. The molecule has 1 unspecified atom stereocenters. The van der Waals surface area contributed by atoms with E-state index >= 15 is 0 Å². The summed E-state index contributed by atoms with van der Waals surface area (Å²) in [5.41, 5.74) is 0.288. The van der Waals surface area contributed by atoms with Crippen LogP contribution < -0.4 is 0 Å². The number of amides is 1. The number of hydrogen-bond donors (Lipinski definition) is 1. The van der Waals surface area contributed by atoms with Crippen molar-refractivity contribution in [3.63, 3.8) is 0 Å². The maximum atomic E-state index is 11.6. The Balaban J connectivity index is 2.57. The van der Waals surface area contributed by atoms with Crippen molar-refractivity contribution < 1.29 is 4.79 Å². The number of thiol groups is 1. The molecule has 1 aliphatic rings. The Morgan fingerprint density at radius 2 is 2.15 bits per heavy atom. The molecule has 0 aromatic carbocycles. The second kappa shape index (κ2) is 3.91. The fraction of sp³-hybridized carbons (Fsp3) is 0.900. The van der Waals surface area contributed by atoms with Crippen molar-refractivity contribution in [3.8, 4) is 0 Å². The van der Waals surface area contributed by atoms with E-state index in [4.69, 9.17) is 0 Å². The molecular weight excluding hydrogens is 182 g/mol. The average molecular weight is 201 g/mol. The maximum absolute atomic E-state index is 11.6. The highest BCUT2D eigenvalue weighted by Gasteiger charge is 2.29.